The van der Waals surface area contributed by atoms with Crippen LogP contribution >= 0.6 is 0 Å². The lowest BCUT2D eigenvalue weighted by Crippen LogP contribution is -3.05. The highest BCUT2D eigenvalue weighted by Gasteiger charge is 2.06. The minimum atomic E-state index is -0.287. The van der Waals surface area contributed by atoms with Gasteiger partial charge in [0.1, 0.15) is 6.20 Å². The zero-order valence-corrected chi connectivity index (χ0v) is 4.26. The van der Waals surface area contributed by atoms with Crippen molar-refractivity contribution in [2.24, 2.45) is 0 Å². The van der Waals surface area contributed by atoms with Gasteiger partial charge in [-0.2, -0.15) is 5.06 Å². The Hall–Kier alpha value is -0.670. The molecule has 0 amide bonds. The number of quaternary nitrogens is 1. The molecule has 0 bridgehead atoms. The van der Waals surface area contributed by atoms with Gasteiger partial charge in [-0.3, -0.25) is 0 Å². The van der Waals surface area contributed by atoms with Gasteiger partial charge in [0.25, 0.3) is 0 Å². The van der Waals surface area contributed by atoms with Gasteiger partial charge in [0.2, 0.25) is 0 Å². The van der Waals surface area contributed by atoms with Gasteiger partial charge in [0.05, 0.1) is 0 Å². The molecule has 0 aromatic carbocycles. The van der Waals surface area contributed by atoms with Crippen LogP contribution in [0.3, 0.4) is 0 Å². The first kappa shape index (κ1) is 5.47. The molecular formula is C5H7FNO+. The summed E-state index contributed by atoms with van der Waals surface area (Å²) in [6, 6.07) is 0. The highest BCUT2D eigenvalue weighted by molar-refractivity contribution is 5.07. The molecule has 2 nitrogen and oxygen atoms in total. The van der Waals surface area contributed by atoms with E-state index in [4.69, 9.17) is 5.21 Å². The number of hydroxylamine groups is 2. The van der Waals surface area contributed by atoms with Crippen molar-refractivity contribution in [3.63, 3.8) is 0 Å². The first-order valence-corrected chi connectivity index (χ1v) is 2.36. The maximum Gasteiger partial charge on any atom is 0.163 e. The van der Waals surface area contributed by atoms with Gasteiger partial charge in [-0.25, -0.2) is 9.60 Å². The van der Waals surface area contributed by atoms with E-state index in [-0.39, 0.29) is 17.4 Å². The van der Waals surface area contributed by atoms with Gasteiger partial charge in [-0.05, 0) is 12.2 Å². The third kappa shape index (κ3) is 1.15. The third-order valence-electron chi connectivity index (χ3n) is 0.916. The fraction of sp³-hybridized carbons (Fsp3) is 0.200. The summed E-state index contributed by atoms with van der Waals surface area (Å²) in [4.78, 5) is 0. The maximum atomic E-state index is 12.1. The van der Waals surface area contributed by atoms with Crippen molar-refractivity contribution in [1.82, 2.24) is 0 Å². The summed E-state index contributed by atoms with van der Waals surface area (Å²) in [5.41, 5.74) is 0. The van der Waals surface area contributed by atoms with Crippen LogP contribution in [-0.4, -0.2) is 11.8 Å². The molecule has 0 radical (unpaired) electrons. The topological polar surface area (TPSA) is 24.7 Å². The molecule has 1 heterocycles. The Morgan fingerprint density at radius 3 is 2.88 bits per heavy atom. The van der Waals surface area contributed by atoms with Crippen molar-refractivity contribution < 1.29 is 14.7 Å². The Morgan fingerprint density at radius 2 is 2.50 bits per heavy atom. The lowest BCUT2D eigenvalue weighted by Gasteiger charge is -2.04. The molecule has 1 aliphatic rings. The van der Waals surface area contributed by atoms with Gasteiger partial charge in [0.15, 0.2) is 12.4 Å². The summed E-state index contributed by atoms with van der Waals surface area (Å²) in [5, 5.41) is 8.72. The van der Waals surface area contributed by atoms with Crippen LogP contribution in [0.15, 0.2) is 24.2 Å². The number of hydrogen-bond acceptors (Lipinski definition) is 1. The summed E-state index contributed by atoms with van der Waals surface area (Å²) in [6.45, 7) is 0.0521. The molecule has 0 aromatic heterocycles. The summed E-state index contributed by atoms with van der Waals surface area (Å²) in [6.07, 6.45) is 4.29. The monoisotopic (exact) mass is 116 g/mol. The fourth-order valence-corrected chi connectivity index (χ4v) is 0.554. The lowest BCUT2D eigenvalue weighted by molar-refractivity contribution is -1.04. The molecule has 44 valence electrons. The lowest BCUT2D eigenvalue weighted by atomic mass is 10.4. The normalized spacial score (nSPS) is 27.8. The molecule has 0 fully saturated rings. The molecule has 0 aliphatic carbocycles. The summed E-state index contributed by atoms with van der Waals surface area (Å²) >= 11 is 0. The molecule has 1 rings (SSSR count). The average molecular weight is 116 g/mol. The molecule has 3 heteroatoms. The minimum absolute atomic E-state index is 0.0521. The number of allylic oxidation sites excluding steroid dienone is 2. The number of nitrogens with one attached hydrogen (secondary N) is 1. The molecule has 0 saturated carbocycles. The number of hydrogen-bond donors (Lipinski definition) is 2. The van der Waals surface area contributed by atoms with E-state index in [9.17, 15) is 4.39 Å². The Kier molecular flexibility index (Phi) is 1.41. The predicted octanol–water partition coefficient (Wildman–Crippen LogP) is -0.359. The van der Waals surface area contributed by atoms with Gasteiger partial charge >= 0.3 is 0 Å². The summed E-state index contributed by atoms with van der Waals surface area (Å²) < 4.78 is 12.1. The van der Waals surface area contributed by atoms with Crippen LogP contribution in [0.25, 0.3) is 0 Å². The highest BCUT2D eigenvalue weighted by atomic mass is 19.1. The zero-order chi connectivity index (χ0) is 5.98. The van der Waals surface area contributed by atoms with Crippen molar-refractivity contribution in [2.75, 3.05) is 6.54 Å². The second-order valence-corrected chi connectivity index (χ2v) is 1.64. The van der Waals surface area contributed by atoms with Crippen LogP contribution < -0.4 is 5.06 Å². The average Bonchev–Trinajstić information content (AvgIpc) is 1.64. The van der Waals surface area contributed by atoms with Gasteiger partial charge in [-0.15, -0.1) is 0 Å². The summed E-state index contributed by atoms with van der Waals surface area (Å²) in [7, 11) is 0. The van der Waals surface area contributed by atoms with E-state index >= 15 is 0 Å². The molecule has 0 spiro atoms. The largest absolute Gasteiger partial charge is 0.213 e. The SMILES string of the molecule is O[NH+]1C=CC=C(F)C1. The molecule has 0 saturated heterocycles. The Morgan fingerprint density at radius 1 is 1.75 bits per heavy atom. The first-order valence-electron chi connectivity index (χ1n) is 2.36. The van der Waals surface area contributed by atoms with Crippen molar-refractivity contribution in [3.8, 4) is 0 Å². The van der Waals surface area contributed by atoms with Crippen LogP contribution in [0.1, 0.15) is 0 Å². The van der Waals surface area contributed by atoms with Crippen LogP contribution in [0.5, 0.6) is 0 Å². The van der Waals surface area contributed by atoms with Gasteiger partial charge < -0.3 is 0 Å². The molecule has 1 aliphatic heterocycles. The maximum absolute atomic E-state index is 12.1. The third-order valence-corrected chi connectivity index (χ3v) is 0.916. The van der Waals surface area contributed by atoms with E-state index in [1.54, 1.807) is 0 Å². The van der Waals surface area contributed by atoms with Crippen molar-refractivity contribution in [1.29, 1.82) is 0 Å². The Labute approximate surface area is 46.5 Å². The van der Waals surface area contributed by atoms with Crippen molar-refractivity contribution in [3.05, 3.63) is 24.2 Å². The smallest absolute Gasteiger partial charge is 0.163 e. The molecule has 0 aromatic rings. The van der Waals surface area contributed by atoms with Crippen molar-refractivity contribution >= 4 is 0 Å². The summed E-state index contributed by atoms with van der Waals surface area (Å²) in [5.74, 6) is -0.287. The standard InChI is InChI=1S/C5H6FNO/c6-5-2-1-3-7(8)4-5/h1-3,8H,4H2/p+1. The number of rotatable bonds is 0. The Bertz CT molecular complexity index is 141. The fourth-order valence-electron chi connectivity index (χ4n) is 0.554. The van der Waals surface area contributed by atoms with E-state index in [0.29, 0.717) is 0 Å². The van der Waals surface area contributed by atoms with E-state index in [1.807, 2.05) is 0 Å². The zero-order valence-electron chi connectivity index (χ0n) is 4.26. The van der Waals surface area contributed by atoms with E-state index < -0.39 is 0 Å². The highest BCUT2D eigenvalue weighted by Crippen LogP contribution is 1.93. The molecular weight excluding hydrogens is 109 g/mol. The second-order valence-electron chi connectivity index (χ2n) is 1.64. The molecule has 8 heavy (non-hydrogen) atoms. The molecule has 1 unspecified atom stereocenters. The van der Waals surface area contributed by atoms with Gasteiger partial charge in [0, 0.05) is 0 Å². The first-order chi connectivity index (χ1) is 3.79. The van der Waals surface area contributed by atoms with Crippen LogP contribution in [0, 0.1) is 0 Å². The van der Waals surface area contributed by atoms with Crippen LogP contribution in [0.4, 0.5) is 4.39 Å². The molecule has 2 N–H and O–H groups in total. The van der Waals surface area contributed by atoms with E-state index in [1.165, 1.54) is 18.4 Å². The number of halogens is 1. The quantitative estimate of drug-likeness (QED) is 0.444. The van der Waals surface area contributed by atoms with Crippen LogP contribution in [0.2, 0.25) is 0 Å². The van der Waals surface area contributed by atoms with Gasteiger partial charge in [-0.1, -0.05) is 0 Å². The predicted molar refractivity (Wildman–Crippen MR) is 25.9 cm³/mol. The van der Waals surface area contributed by atoms with E-state index in [0.717, 1.165) is 0 Å². The van der Waals surface area contributed by atoms with Crippen molar-refractivity contribution in [2.45, 2.75) is 0 Å². The van der Waals surface area contributed by atoms with Crippen LogP contribution in [-0.2, 0) is 0 Å². The molecule has 1 atom stereocenters. The Balaban J connectivity index is 2.59. The minimum Gasteiger partial charge on any atom is -0.213 e. The van der Waals surface area contributed by atoms with E-state index in [2.05, 4.69) is 0 Å². The second kappa shape index (κ2) is 2.07.